The van der Waals surface area contributed by atoms with Crippen molar-refractivity contribution in [2.24, 2.45) is 0 Å². The molecule has 0 fully saturated rings. The summed E-state index contributed by atoms with van der Waals surface area (Å²) in [5, 5.41) is 2.69. The molecule has 0 bridgehead atoms. The van der Waals surface area contributed by atoms with Crippen molar-refractivity contribution in [2.75, 3.05) is 19.0 Å². The Labute approximate surface area is 175 Å². The van der Waals surface area contributed by atoms with E-state index in [0.717, 1.165) is 16.9 Å². The van der Waals surface area contributed by atoms with Crippen LogP contribution in [0.1, 0.15) is 21.5 Å². The molecule has 1 N–H and O–H groups in total. The average Bonchev–Trinajstić information content (AvgIpc) is 2.77. The molecule has 0 unspecified atom stereocenters. The molecule has 0 aliphatic carbocycles. The molecule has 1 amide bonds. The lowest BCUT2D eigenvalue weighted by atomic mass is 10.1. The minimum absolute atomic E-state index is 0.361. The molecule has 6 heteroatoms. The third-order valence-electron chi connectivity index (χ3n) is 4.30. The zero-order valence-corrected chi connectivity index (χ0v) is 16.9. The van der Waals surface area contributed by atoms with Crippen LogP contribution in [0.5, 0.6) is 11.5 Å². The van der Waals surface area contributed by atoms with Crippen molar-refractivity contribution in [2.45, 2.75) is 13.5 Å². The standard InChI is InChI=1S/C24H23NO5/c1-17-8-13-22(28-2)21(14-17)25-23(26)16-30-24(27)19-11-9-18(10-12-19)15-29-20-6-4-3-5-7-20/h3-14H,15-16H2,1-2H3,(H,25,26). The molecule has 0 saturated carbocycles. The minimum Gasteiger partial charge on any atom is -0.495 e. The van der Waals surface area contributed by atoms with Crippen LogP contribution in [0.3, 0.4) is 0 Å². The van der Waals surface area contributed by atoms with Crippen molar-refractivity contribution >= 4 is 17.6 Å². The number of benzene rings is 3. The Morgan fingerprint density at radius 2 is 1.67 bits per heavy atom. The zero-order valence-electron chi connectivity index (χ0n) is 16.9. The fourth-order valence-electron chi connectivity index (χ4n) is 2.74. The molecule has 3 aromatic carbocycles. The number of esters is 1. The Morgan fingerprint density at radius 3 is 2.37 bits per heavy atom. The predicted molar refractivity (Wildman–Crippen MR) is 114 cm³/mol. The predicted octanol–water partition coefficient (Wildman–Crippen LogP) is 4.38. The summed E-state index contributed by atoms with van der Waals surface area (Å²) in [5.74, 6) is 0.294. The van der Waals surface area contributed by atoms with Gasteiger partial charge in [-0.1, -0.05) is 36.4 Å². The first-order valence-corrected chi connectivity index (χ1v) is 9.43. The Balaban J connectivity index is 1.50. The quantitative estimate of drug-likeness (QED) is 0.563. The molecule has 6 nitrogen and oxygen atoms in total. The third-order valence-corrected chi connectivity index (χ3v) is 4.30. The van der Waals surface area contributed by atoms with Gasteiger partial charge in [0.15, 0.2) is 6.61 Å². The first kappa shape index (κ1) is 20.9. The van der Waals surface area contributed by atoms with Gasteiger partial charge in [0.2, 0.25) is 0 Å². The van der Waals surface area contributed by atoms with Crippen molar-refractivity contribution in [3.63, 3.8) is 0 Å². The number of aryl methyl sites for hydroxylation is 1. The summed E-state index contributed by atoms with van der Waals surface area (Å²) < 4.78 is 16.0. The normalized spacial score (nSPS) is 10.2. The lowest BCUT2D eigenvalue weighted by Crippen LogP contribution is -2.21. The number of ether oxygens (including phenoxy) is 3. The van der Waals surface area contributed by atoms with E-state index in [9.17, 15) is 9.59 Å². The molecule has 0 heterocycles. The second kappa shape index (κ2) is 10.1. The highest BCUT2D eigenvalue weighted by atomic mass is 16.5. The van der Waals surface area contributed by atoms with E-state index < -0.39 is 18.5 Å². The van der Waals surface area contributed by atoms with E-state index in [4.69, 9.17) is 14.2 Å². The van der Waals surface area contributed by atoms with Gasteiger partial charge in [0, 0.05) is 0 Å². The fraction of sp³-hybridized carbons (Fsp3) is 0.167. The number of methoxy groups -OCH3 is 1. The molecule has 0 atom stereocenters. The van der Waals surface area contributed by atoms with Crippen molar-refractivity contribution in [1.82, 2.24) is 0 Å². The number of carbonyl (C=O) groups excluding carboxylic acids is 2. The monoisotopic (exact) mass is 405 g/mol. The molecule has 3 rings (SSSR count). The molecule has 0 spiro atoms. The van der Waals surface area contributed by atoms with Crippen molar-refractivity contribution < 1.29 is 23.8 Å². The summed E-state index contributed by atoms with van der Waals surface area (Å²) in [5.41, 5.74) is 2.78. The number of carbonyl (C=O) groups is 2. The molecule has 0 aliphatic heterocycles. The van der Waals surface area contributed by atoms with Gasteiger partial charge in [-0.05, 0) is 54.4 Å². The van der Waals surface area contributed by atoms with Gasteiger partial charge in [-0.25, -0.2) is 4.79 Å². The smallest absolute Gasteiger partial charge is 0.338 e. The van der Waals surface area contributed by atoms with Crippen LogP contribution >= 0.6 is 0 Å². The van der Waals surface area contributed by atoms with Crippen molar-refractivity contribution in [1.29, 1.82) is 0 Å². The SMILES string of the molecule is COc1ccc(C)cc1NC(=O)COC(=O)c1ccc(COc2ccccc2)cc1. The Bertz CT molecular complexity index is 1000. The van der Waals surface area contributed by atoms with Gasteiger partial charge in [0.25, 0.3) is 5.91 Å². The molecule has 3 aromatic rings. The number of rotatable bonds is 8. The van der Waals surface area contributed by atoms with E-state index in [1.165, 1.54) is 7.11 Å². The van der Waals surface area contributed by atoms with E-state index in [2.05, 4.69) is 5.32 Å². The summed E-state index contributed by atoms with van der Waals surface area (Å²) in [4.78, 5) is 24.4. The summed E-state index contributed by atoms with van der Waals surface area (Å²) in [7, 11) is 1.52. The maximum Gasteiger partial charge on any atom is 0.338 e. The highest BCUT2D eigenvalue weighted by molar-refractivity contribution is 5.96. The van der Waals surface area contributed by atoms with Gasteiger partial charge in [0.1, 0.15) is 18.1 Å². The van der Waals surface area contributed by atoms with Gasteiger partial charge in [-0.15, -0.1) is 0 Å². The van der Waals surface area contributed by atoms with Gasteiger partial charge < -0.3 is 19.5 Å². The number of amides is 1. The summed E-state index contributed by atoms with van der Waals surface area (Å²) in [6.07, 6.45) is 0. The van der Waals surface area contributed by atoms with Crippen LogP contribution in [0.25, 0.3) is 0 Å². The first-order valence-electron chi connectivity index (χ1n) is 9.43. The summed E-state index contributed by atoms with van der Waals surface area (Å²) >= 11 is 0. The van der Waals surface area contributed by atoms with Crippen LogP contribution in [0.2, 0.25) is 0 Å². The van der Waals surface area contributed by atoms with Gasteiger partial charge >= 0.3 is 5.97 Å². The second-order valence-corrected chi connectivity index (χ2v) is 6.63. The minimum atomic E-state index is -0.572. The van der Waals surface area contributed by atoms with Crippen LogP contribution in [0.4, 0.5) is 5.69 Å². The Kier molecular flexibility index (Phi) is 7.05. The topological polar surface area (TPSA) is 73.9 Å². The van der Waals surface area contributed by atoms with Crippen LogP contribution in [0, 0.1) is 6.92 Å². The summed E-state index contributed by atoms with van der Waals surface area (Å²) in [6.45, 7) is 1.90. The first-order chi connectivity index (χ1) is 14.5. The van der Waals surface area contributed by atoms with E-state index >= 15 is 0 Å². The molecule has 154 valence electrons. The van der Waals surface area contributed by atoms with E-state index in [1.807, 2.05) is 43.3 Å². The molecule has 0 aliphatic rings. The van der Waals surface area contributed by atoms with Crippen LogP contribution in [0.15, 0.2) is 72.8 Å². The van der Waals surface area contributed by atoms with Crippen LogP contribution in [-0.4, -0.2) is 25.6 Å². The largest absolute Gasteiger partial charge is 0.495 e. The lowest BCUT2D eigenvalue weighted by Gasteiger charge is -2.11. The third kappa shape index (κ3) is 5.85. The average molecular weight is 405 g/mol. The molecular weight excluding hydrogens is 382 g/mol. The maximum absolute atomic E-state index is 12.2. The Morgan fingerprint density at radius 1 is 0.933 bits per heavy atom. The second-order valence-electron chi connectivity index (χ2n) is 6.63. The number of nitrogens with one attached hydrogen (secondary N) is 1. The number of anilines is 1. The van der Waals surface area contributed by atoms with Gasteiger partial charge in [-0.2, -0.15) is 0 Å². The van der Waals surface area contributed by atoms with Crippen molar-refractivity contribution in [3.05, 3.63) is 89.5 Å². The molecule has 0 saturated heterocycles. The Hall–Kier alpha value is -3.80. The molecule has 0 aromatic heterocycles. The maximum atomic E-state index is 12.2. The summed E-state index contributed by atoms with van der Waals surface area (Å²) in [6, 6.07) is 21.8. The highest BCUT2D eigenvalue weighted by Gasteiger charge is 2.12. The zero-order chi connectivity index (χ0) is 21.3. The van der Waals surface area contributed by atoms with Crippen LogP contribution in [-0.2, 0) is 16.1 Å². The van der Waals surface area contributed by atoms with E-state index in [1.54, 1.807) is 36.4 Å². The van der Waals surface area contributed by atoms with Crippen molar-refractivity contribution in [3.8, 4) is 11.5 Å². The number of hydrogen-bond acceptors (Lipinski definition) is 5. The van der Waals surface area contributed by atoms with Gasteiger partial charge in [-0.3, -0.25) is 4.79 Å². The van der Waals surface area contributed by atoms with Gasteiger partial charge in [0.05, 0.1) is 18.4 Å². The fourth-order valence-corrected chi connectivity index (χ4v) is 2.74. The highest BCUT2D eigenvalue weighted by Crippen LogP contribution is 2.25. The number of hydrogen-bond donors (Lipinski definition) is 1. The number of para-hydroxylation sites is 1. The van der Waals surface area contributed by atoms with E-state index in [-0.39, 0.29) is 0 Å². The molecule has 0 radical (unpaired) electrons. The molecular formula is C24H23NO5. The van der Waals surface area contributed by atoms with Crippen LogP contribution < -0.4 is 14.8 Å². The van der Waals surface area contributed by atoms with E-state index in [0.29, 0.717) is 23.6 Å². The molecule has 30 heavy (non-hydrogen) atoms. The lowest BCUT2D eigenvalue weighted by molar-refractivity contribution is -0.119.